The van der Waals surface area contributed by atoms with Gasteiger partial charge in [0.15, 0.2) is 0 Å². The van der Waals surface area contributed by atoms with Crippen molar-refractivity contribution in [2.24, 2.45) is 0 Å². The Kier molecular flexibility index (Phi) is 4.69. The van der Waals surface area contributed by atoms with Crippen molar-refractivity contribution in [3.05, 3.63) is 47.4 Å². The van der Waals surface area contributed by atoms with Crippen LogP contribution in [0.5, 0.6) is 0 Å². The van der Waals surface area contributed by atoms with Crippen LogP contribution < -0.4 is 0 Å². The molecule has 24 heavy (non-hydrogen) atoms. The van der Waals surface area contributed by atoms with Crippen LogP contribution in [0.4, 0.5) is 0 Å². The Morgan fingerprint density at radius 2 is 1.92 bits per heavy atom. The summed E-state index contributed by atoms with van der Waals surface area (Å²) in [5, 5.41) is 0. The quantitative estimate of drug-likeness (QED) is 0.858. The van der Waals surface area contributed by atoms with Crippen molar-refractivity contribution < 1.29 is 8.42 Å². The zero-order chi connectivity index (χ0) is 17.3. The van der Waals surface area contributed by atoms with Gasteiger partial charge in [-0.15, -0.1) is 0 Å². The Labute approximate surface area is 143 Å². The molecule has 1 aromatic carbocycles. The molecule has 1 atom stereocenters. The van der Waals surface area contributed by atoms with Crippen LogP contribution in [0.3, 0.4) is 0 Å². The number of nitrogens with zero attached hydrogens (tertiary/aromatic N) is 3. The highest BCUT2D eigenvalue weighted by molar-refractivity contribution is 7.88. The second-order valence-corrected chi connectivity index (χ2v) is 8.48. The van der Waals surface area contributed by atoms with Crippen molar-refractivity contribution in [2.75, 3.05) is 19.3 Å². The van der Waals surface area contributed by atoms with Crippen LogP contribution in [0, 0.1) is 13.8 Å². The minimum absolute atomic E-state index is 0.0806. The number of hydrogen-bond donors (Lipinski definition) is 0. The van der Waals surface area contributed by atoms with Gasteiger partial charge in [-0.2, -0.15) is 0 Å². The van der Waals surface area contributed by atoms with Gasteiger partial charge in [0, 0.05) is 37.0 Å². The van der Waals surface area contributed by atoms with Crippen LogP contribution >= 0.6 is 0 Å². The lowest BCUT2D eigenvalue weighted by molar-refractivity contribution is 0.314. The van der Waals surface area contributed by atoms with Crippen molar-refractivity contribution in [3.8, 4) is 11.3 Å². The minimum atomic E-state index is -3.17. The molecule has 0 radical (unpaired) electrons. The summed E-state index contributed by atoms with van der Waals surface area (Å²) >= 11 is 0. The van der Waals surface area contributed by atoms with Gasteiger partial charge < -0.3 is 0 Å². The number of sulfonamides is 1. The van der Waals surface area contributed by atoms with Gasteiger partial charge in [0.2, 0.25) is 10.0 Å². The van der Waals surface area contributed by atoms with E-state index in [4.69, 9.17) is 0 Å². The fourth-order valence-electron chi connectivity index (χ4n) is 3.33. The monoisotopic (exact) mass is 345 g/mol. The van der Waals surface area contributed by atoms with E-state index in [1.54, 1.807) is 16.7 Å². The average Bonchev–Trinajstić information content (AvgIpc) is 2.57. The van der Waals surface area contributed by atoms with Crippen molar-refractivity contribution in [1.29, 1.82) is 0 Å². The number of benzene rings is 1. The average molecular weight is 345 g/mol. The molecule has 0 N–H and O–H groups in total. The SMILES string of the molecule is Cc1cccc(-c2nccnc2[C@@H]2CCCN(S(C)(=O)=O)C2)c1C. The minimum Gasteiger partial charge on any atom is -0.257 e. The second kappa shape index (κ2) is 6.61. The van der Waals surface area contributed by atoms with E-state index in [0.29, 0.717) is 13.1 Å². The van der Waals surface area contributed by atoms with Gasteiger partial charge in [0.25, 0.3) is 0 Å². The highest BCUT2D eigenvalue weighted by Gasteiger charge is 2.29. The van der Waals surface area contributed by atoms with E-state index in [2.05, 4.69) is 35.9 Å². The molecular weight excluding hydrogens is 322 g/mol. The van der Waals surface area contributed by atoms with E-state index in [-0.39, 0.29) is 5.92 Å². The smallest absolute Gasteiger partial charge is 0.211 e. The van der Waals surface area contributed by atoms with Crippen molar-refractivity contribution in [2.45, 2.75) is 32.6 Å². The topological polar surface area (TPSA) is 63.2 Å². The maximum absolute atomic E-state index is 11.9. The lowest BCUT2D eigenvalue weighted by Gasteiger charge is -2.31. The molecule has 1 aliphatic heterocycles. The molecule has 3 rings (SSSR count). The molecule has 0 bridgehead atoms. The first kappa shape index (κ1) is 17.0. The predicted molar refractivity (Wildman–Crippen MR) is 95.3 cm³/mol. The molecule has 0 unspecified atom stereocenters. The zero-order valence-corrected chi connectivity index (χ0v) is 15.2. The lowest BCUT2D eigenvalue weighted by Crippen LogP contribution is -2.38. The molecular formula is C18H23N3O2S. The first-order valence-electron chi connectivity index (χ1n) is 8.20. The van der Waals surface area contributed by atoms with Gasteiger partial charge in [-0.05, 0) is 37.8 Å². The third-order valence-electron chi connectivity index (χ3n) is 4.83. The van der Waals surface area contributed by atoms with E-state index in [9.17, 15) is 8.42 Å². The first-order valence-corrected chi connectivity index (χ1v) is 10.1. The molecule has 1 saturated heterocycles. The number of aryl methyl sites for hydroxylation is 1. The summed E-state index contributed by atoms with van der Waals surface area (Å²) < 4.78 is 25.4. The molecule has 128 valence electrons. The Bertz CT molecular complexity index is 849. The Morgan fingerprint density at radius 1 is 1.17 bits per heavy atom. The third kappa shape index (κ3) is 3.35. The molecule has 1 aromatic heterocycles. The van der Waals surface area contributed by atoms with Crippen LogP contribution in [0.1, 0.15) is 35.6 Å². The van der Waals surface area contributed by atoms with E-state index in [0.717, 1.165) is 29.8 Å². The van der Waals surface area contributed by atoms with Crippen LogP contribution in [0.2, 0.25) is 0 Å². The Hall–Kier alpha value is -1.79. The second-order valence-electron chi connectivity index (χ2n) is 6.50. The van der Waals surface area contributed by atoms with Crippen molar-refractivity contribution in [3.63, 3.8) is 0 Å². The maximum atomic E-state index is 11.9. The van der Waals surface area contributed by atoms with Gasteiger partial charge in [0.05, 0.1) is 17.6 Å². The molecule has 6 heteroatoms. The van der Waals surface area contributed by atoms with E-state index < -0.39 is 10.0 Å². The first-order chi connectivity index (χ1) is 11.4. The molecule has 1 fully saturated rings. The molecule has 0 spiro atoms. The van der Waals surface area contributed by atoms with Gasteiger partial charge >= 0.3 is 0 Å². The van der Waals surface area contributed by atoms with Crippen molar-refractivity contribution >= 4 is 10.0 Å². The van der Waals surface area contributed by atoms with Gasteiger partial charge in [-0.1, -0.05) is 18.2 Å². The number of piperidine rings is 1. The summed E-state index contributed by atoms with van der Waals surface area (Å²) in [7, 11) is -3.17. The van der Waals surface area contributed by atoms with Gasteiger partial charge in [-0.25, -0.2) is 12.7 Å². The van der Waals surface area contributed by atoms with E-state index >= 15 is 0 Å². The fraction of sp³-hybridized carbons (Fsp3) is 0.444. The summed E-state index contributed by atoms with van der Waals surface area (Å²) in [5.74, 6) is 0.0806. The summed E-state index contributed by atoms with van der Waals surface area (Å²) in [6.07, 6.45) is 6.46. The van der Waals surface area contributed by atoms with Crippen LogP contribution in [-0.4, -0.2) is 42.0 Å². The molecule has 5 nitrogen and oxygen atoms in total. The van der Waals surface area contributed by atoms with Crippen molar-refractivity contribution in [1.82, 2.24) is 14.3 Å². The Balaban J connectivity index is 2.02. The summed E-state index contributed by atoms with van der Waals surface area (Å²) in [5.41, 5.74) is 5.26. The summed E-state index contributed by atoms with van der Waals surface area (Å²) in [6, 6.07) is 6.17. The zero-order valence-electron chi connectivity index (χ0n) is 14.4. The number of aromatic nitrogens is 2. The maximum Gasteiger partial charge on any atom is 0.211 e. The molecule has 2 aromatic rings. The third-order valence-corrected chi connectivity index (χ3v) is 6.10. The molecule has 0 aliphatic carbocycles. The standard InChI is InChI=1S/C18H23N3O2S/c1-13-6-4-8-16(14(13)2)18-17(19-9-10-20-18)15-7-5-11-21(12-15)24(3,22)23/h4,6,8-10,15H,5,7,11-12H2,1-3H3/t15-/m1/s1. The van der Waals surface area contributed by atoms with Gasteiger partial charge in [-0.3, -0.25) is 9.97 Å². The largest absolute Gasteiger partial charge is 0.257 e. The van der Waals surface area contributed by atoms with E-state index in [1.807, 2.05) is 6.07 Å². The summed E-state index contributed by atoms with van der Waals surface area (Å²) in [4.78, 5) is 9.16. The highest BCUT2D eigenvalue weighted by Crippen LogP contribution is 2.34. The molecule has 0 saturated carbocycles. The molecule has 1 aliphatic rings. The molecule has 2 heterocycles. The van der Waals surface area contributed by atoms with Crippen LogP contribution in [0.25, 0.3) is 11.3 Å². The normalized spacial score (nSPS) is 19.4. The molecule has 0 amide bonds. The number of rotatable bonds is 3. The van der Waals surface area contributed by atoms with Gasteiger partial charge in [0.1, 0.15) is 0 Å². The van der Waals surface area contributed by atoms with E-state index in [1.165, 1.54) is 17.4 Å². The van der Waals surface area contributed by atoms with Crippen LogP contribution in [-0.2, 0) is 10.0 Å². The van der Waals surface area contributed by atoms with Crippen LogP contribution in [0.15, 0.2) is 30.6 Å². The Morgan fingerprint density at radius 3 is 2.67 bits per heavy atom. The number of hydrogen-bond acceptors (Lipinski definition) is 4. The lowest BCUT2D eigenvalue weighted by atomic mass is 9.90. The summed E-state index contributed by atoms with van der Waals surface area (Å²) in [6.45, 7) is 5.25. The fourth-order valence-corrected chi connectivity index (χ4v) is 4.24. The predicted octanol–water partition coefficient (Wildman–Crippen LogP) is 2.90. The highest BCUT2D eigenvalue weighted by atomic mass is 32.2.